The van der Waals surface area contributed by atoms with Crippen molar-refractivity contribution in [2.24, 2.45) is 0 Å². The molecule has 1 aromatic carbocycles. The molecule has 0 saturated carbocycles. The first kappa shape index (κ1) is 13.6. The highest BCUT2D eigenvalue weighted by atomic mass is 19.1. The van der Waals surface area contributed by atoms with E-state index in [1.54, 1.807) is 0 Å². The normalized spacial score (nSPS) is 10.3. The van der Waals surface area contributed by atoms with Crippen molar-refractivity contribution >= 4 is 5.91 Å². The summed E-state index contributed by atoms with van der Waals surface area (Å²) in [6.45, 7) is 4.07. The van der Waals surface area contributed by atoms with Gasteiger partial charge in [0.15, 0.2) is 0 Å². The lowest BCUT2D eigenvalue weighted by atomic mass is 10.2. The van der Waals surface area contributed by atoms with Crippen LogP contribution in [0.5, 0.6) is 0 Å². The molecule has 17 heavy (non-hydrogen) atoms. The van der Waals surface area contributed by atoms with Crippen LogP contribution in [-0.2, 0) is 0 Å². The number of carbonyl (C=O) groups is 1. The summed E-state index contributed by atoms with van der Waals surface area (Å²) >= 11 is 0. The third-order valence-electron chi connectivity index (χ3n) is 2.24. The van der Waals surface area contributed by atoms with E-state index in [1.165, 1.54) is 0 Å². The Hall–Kier alpha value is -1.49. The molecule has 0 atom stereocenters. The van der Waals surface area contributed by atoms with Gasteiger partial charge in [-0.2, -0.15) is 0 Å². The van der Waals surface area contributed by atoms with Crippen LogP contribution in [0.1, 0.15) is 23.7 Å². The van der Waals surface area contributed by atoms with E-state index in [9.17, 15) is 13.6 Å². The summed E-state index contributed by atoms with van der Waals surface area (Å²) in [6.07, 6.45) is 0.747. The van der Waals surface area contributed by atoms with Gasteiger partial charge in [-0.15, -0.1) is 0 Å². The molecule has 0 heterocycles. The van der Waals surface area contributed by atoms with E-state index in [1.807, 2.05) is 6.92 Å². The van der Waals surface area contributed by atoms with E-state index in [2.05, 4.69) is 10.6 Å². The molecule has 1 aromatic rings. The first-order chi connectivity index (χ1) is 8.15. The molecule has 0 aromatic heterocycles. The summed E-state index contributed by atoms with van der Waals surface area (Å²) in [4.78, 5) is 11.5. The monoisotopic (exact) mass is 242 g/mol. The summed E-state index contributed by atoms with van der Waals surface area (Å²) in [5, 5.41) is 5.64. The van der Waals surface area contributed by atoms with Crippen LogP contribution in [0.15, 0.2) is 18.2 Å². The second-order valence-corrected chi connectivity index (χ2v) is 3.59. The van der Waals surface area contributed by atoms with E-state index in [0.717, 1.165) is 37.7 Å². The minimum Gasteiger partial charge on any atom is -0.352 e. The molecule has 0 bridgehead atoms. The molecule has 0 fully saturated rings. The molecule has 0 spiro atoms. The van der Waals surface area contributed by atoms with Crippen molar-refractivity contribution in [1.82, 2.24) is 10.6 Å². The van der Waals surface area contributed by atoms with Gasteiger partial charge in [-0.3, -0.25) is 4.79 Å². The molecule has 5 heteroatoms. The Morgan fingerprint density at radius 3 is 2.76 bits per heavy atom. The molecule has 94 valence electrons. The van der Waals surface area contributed by atoms with Crippen LogP contribution in [0.3, 0.4) is 0 Å². The molecule has 0 aliphatic heterocycles. The van der Waals surface area contributed by atoms with Crippen LogP contribution >= 0.6 is 0 Å². The fraction of sp³-hybridized carbons (Fsp3) is 0.417. The highest BCUT2D eigenvalue weighted by Gasteiger charge is 2.11. The van der Waals surface area contributed by atoms with Gasteiger partial charge in [0.2, 0.25) is 0 Å². The van der Waals surface area contributed by atoms with Crippen LogP contribution in [0, 0.1) is 11.6 Å². The zero-order valence-corrected chi connectivity index (χ0v) is 9.72. The number of halogens is 2. The van der Waals surface area contributed by atoms with Crippen LogP contribution in [0.25, 0.3) is 0 Å². The Kier molecular flexibility index (Phi) is 5.56. The molecule has 0 aliphatic rings. The van der Waals surface area contributed by atoms with Gasteiger partial charge in [0.05, 0.1) is 5.56 Å². The largest absolute Gasteiger partial charge is 0.352 e. The van der Waals surface area contributed by atoms with E-state index >= 15 is 0 Å². The van der Waals surface area contributed by atoms with Crippen molar-refractivity contribution in [3.63, 3.8) is 0 Å². The molecule has 1 rings (SSSR count). The van der Waals surface area contributed by atoms with E-state index < -0.39 is 17.5 Å². The zero-order chi connectivity index (χ0) is 12.7. The number of carbonyl (C=O) groups excluding carboxylic acids is 1. The third kappa shape index (κ3) is 4.48. The van der Waals surface area contributed by atoms with Gasteiger partial charge in [-0.1, -0.05) is 6.92 Å². The lowest BCUT2D eigenvalue weighted by molar-refractivity contribution is 0.0948. The fourth-order valence-corrected chi connectivity index (χ4v) is 1.36. The van der Waals surface area contributed by atoms with Gasteiger partial charge in [-0.05, 0) is 37.7 Å². The summed E-state index contributed by atoms with van der Waals surface area (Å²) < 4.78 is 26.0. The van der Waals surface area contributed by atoms with Gasteiger partial charge >= 0.3 is 0 Å². The first-order valence-corrected chi connectivity index (χ1v) is 5.59. The fourth-order valence-electron chi connectivity index (χ4n) is 1.36. The average Bonchev–Trinajstić information content (AvgIpc) is 2.32. The number of hydrogen-bond acceptors (Lipinski definition) is 2. The standard InChI is InChI=1S/C12H16F2N2O/c1-2-15-6-3-7-16-12(17)10-8-9(13)4-5-11(10)14/h4-5,8,15H,2-3,6-7H2,1H3,(H,16,17). The maximum absolute atomic E-state index is 13.2. The number of rotatable bonds is 6. The molecular weight excluding hydrogens is 226 g/mol. The van der Waals surface area contributed by atoms with Crippen LogP contribution in [-0.4, -0.2) is 25.5 Å². The SMILES string of the molecule is CCNCCCNC(=O)c1cc(F)ccc1F. The van der Waals surface area contributed by atoms with E-state index in [0.29, 0.717) is 6.54 Å². The maximum atomic E-state index is 13.2. The minimum atomic E-state index is -0.712. The molecule has 0 saturated heterocycles. The van der Waals surface area contributed by atoms with Crippen molar-refractivity contribution in [2.45, 2.75) is 13.3 Å². The lowest BCUT2D eigenvalue weighted by Crippen LogP contribution is -2.28. The number of nitrogens with one attached hydrogen (secondary N) is 2. The lowest BCUT2D eigenvalue weighted by Gasteiger charge is -2.06. The molecular formula is C12H16F2N2O. The second-order valence-electron chi connectivity index (χ2n) is 3.59. The molecule has 2 N–H and O–H groups in total. The Labute approximate surface area is 99.2 Å². The quantitative estimate of drug-likeness (QED) is 0.745. The van der Waals surface area contributed by atoms with Gasteiger partial charge in [0.1, 0.15) is 11.6 Å². The van der Waals surface area contributed by atoms with Gasteiger partial charge in [0.25, 0.3) is 5.91 Å². The first-order valence-electron chi connectivity index (χ1n) is 5.59. The smallest absolute Gasteiger partial charge is 0.254 e. The van der Waals surface area contributed by atoms with Crippen molar-refractivity contribution in [3.8, 4) is 0 Å². The van der Waals surface area contributed by atoms with Crippen molar-refractivity contribution < 1.29 is 13.6 Å². The molecule has 3 nitrogen and oxygen atoms in total. The van der Waals surface area contributed by atoms with Crippen molar-refractivity contribution in [2.75, 3.05) is 19.6 Å². The predicted molar refractivity (Wildman–Crippen MR) is 61.9 cm³/mol. The summed E-state index contributed by atoms with van der Waals surface area (Å²) in [7, 11) is 0. The Balaban J connectivity index is 2.44. The average molecular weight is 242 g/mol. The highest BCUT2D eigenvalue weighted by Crippen LogP contribution is 2.09. The maximum Gasteiger partial charge on any atom is 0.254 e. The van der Waals surface area contributed by atoms with Crippen molar-refractivity contribution in [3.05, 3.63) is 35.4 Å². The minimum absolute atomic E-state index is 0.256. The highest BCUT2D eigenvalue weighted by molar-refractivity contribution is 5.94. The molecule has 1 amide bonds. The molecule has 0 radical (unpaired) electrons. The van der Waals surface area contributed by atoms with Crippen LogP contribution in [0.4, 0.5) is 8.78 Å². The molecule has 0 aliphatic carbocycles. The molecule has 0 unspecified atom stereocenters. The Morgan fingerprint density at radius 1 is 1.29 bits per heavy atom. The summed E-state index contributed by atoms with van der Waals surface area (Å²) in [5.74, 6) is -1.92. The zero-order valence-electron chi connectivity index (χ0n) is 9.72. The topological polar surface area (TPSA) is 41.1 Å². The van der Waals surface area contributed by atoms with Gasteiger partial charge < -0.3 is 10.6 Å². The van der Waals surface area contributed by atoms with Crippen LogP contribution < -0.4 is 10.6 Å². The Bertz CT molecular complexity index is 383. The second kappa shape index (κ2) is 6.96. The summed E-state index contributed by atoms with van der Waals surface area (Å²) in [5.41, 5.74) is -0.256. The number of amides is 1. The van der Waals surface area contributed by atoms with E-state index in [-0.39, 0.29) is 5.56 Å². The van der Waals surface area contributed by atoms with E-state index in [4.69, 9.17) is 0 Å². The van der Waals surface area contributed by atoms with Gasteiger partial charge in [0, 0.05) is 6.54 Å². The number of benzene rings is 1. The predicted octanol–water partition coefficient (Wildman–Crippen LogP) is 1.69. The van der Waals surface area contributed by atoms with Crippen LogP contribution in [0.2, 0.25) is 0 Å². The Morgan fingerprint density at radius 2 is 2.06 bits per heavy atom. The number of hydrogen-bond donors (Lipinski definition) is 2. The van der Waals surface area contributed by atoms with Gasteiger partial charge in [-0.25, -0.2) is 8.78 Å². The third-order valence-corrected chi connectivity index (χ3v) is 2.24. The van der Waals surface area contributed by atoms with Crippen molar-refractivity contribution in [1.29, 1.82) is 0 Å². The summed E-state index contributed by atoms with van der Waals surface area (Å²) in [6, 6.07) is 2.83.